The molecule has 0 aliphatic heterocycles. The van der Waals surface area contributed by atoms with Gasteiger partial charge in [-0.2, -0.15) is 0 Å². The topological polar surface area (TPSA) is 58.9 Å². The number of nitrogens with one attached hydrogen (secondary N) is 1. The second kappa shape index (κ2) is 15.5. The predicted octanol–water partition coefficient (Wildman–Crippen LogP) is 6.17. The Kier molecular flexibility index (Phi) is 13.5. The largest absolute Gasteiger partial charge is 0.438 e. The summed E-state index contributed by atoms with van der Waals surface area (Å²) in [6, 6.07) is 0. The van der Waals surface area contributed by atoms with Gasteiger partial charge in [-0.05, 0) is 6.42 Å². The van der Waals surface area contributed by atoms with Gasteiger partial charge in [-0.1, -0.05) is 108 Å². The van der Waals surface area contributed by atoms with Crippen LogP contribution in [0.2, 0.25) is 0 Å². The van der Waals surface area contributed by atoms with Gasteiger partial charge in [0.2, 0.25) is 0 Å². The zero-order valence-electron chi connectivity index (χ0n) is 15.8. The Morgan fingerprint density at radius 2 is 1.12 bits per heavy atom. The van der Waals surface area contributed by atoms with Crippen LogP contribution in [0.1, 0.15) is 115 Å². The minimum Gasteiger partial charge on any atom is -0.296 e. The Bertz CT molecular complexity index is 425. The number of nitrogens with zero attached hydrogens (tertiary/aromatic N) is 1. The molecule has 0 atom stereocenters. The molecule has 0 bridgehead atoms. The van der Waals surface area contributed by atoms with Crippen LogP contribution in [-0.4, -0.2) is 10.1 Å². The van der Waals surface area contributed by atoms with Gasteiger partial charge < -0.3 is 0 Å². The Morgan fingerprint density at radius 3 is 1.50 bits per heavy atom. The Labute approximate surface area is 147 Å². The molecule has 1 aromatic heterocycles. The van der Waals surface area contributed by atoms with Gasteiger partial charge in [0.15, 0.2) is 5.82 Å². The molecule has 1 heterocycles. The summed E-state index contributed by atoms with van der Waals surface area (Å²) in [5.41, 5.74) is 0. The summed E-state index contributed by atoms with van der Waals surface area (Å²) >= 11 is 0. The van der Waals surface area contributed by atoms with E-state index in [1.54, 1.807) is 0 Å². The molecule has 0 saturated heterocycles. The molecule has 0 aromatic carbocycles. The molecule has 1 aromatic rings. The normalized spacial score (nSPS) is 11.2. The number of aryl methyl sites for hydroxylation is 1. The molecule has 0 aliphatic carbocycles. The molecule has 0 unspecified atom stereocenters. The van der Waals surface area contributed by atoms with E-state index >= 15 is 0 Å². The summed E-state index contributed by atoms with van der Waals surface area (Å²) in [7, 11) is 0. The van der Waals surface area contributed by atoms with Crippen molar-refractivity contribution in [2.24, 2.45) is 0 Å². The molecule has 0 radical (unpaired) electrons. The lowest BCUT2D eigenvalue weighted by Gasteiger charge is -2.03. The Morgan fingerprint density at radius 1 is 0.708 bits per heavy atom. The highest BCUT2D eigenvalue weighted by atomic mass is 16.5. The van der Waals surface area contributed by atoms with Crippen molar-refractivity contribution in [3.8, 4) is 0 Å². The summed E-state index contributed by atoms with van der Waals surface area (Å²) in [5.74, 6) is 0.242. The molecule has 140 valence electrons. The molecule has 0 amide bonds. The smallest absolute Gasteiger partial charge is 0.296 e. The van der Waals surface area contributed by atoms with Crippen molar-refractivity contribution >= 4 is 0 Å². The van der Waals surface area contributed by atoms with E-state index in [1.807, 2.05) is 0 Å². The molecule has 1 N–H and O–H groups in total. The van der Waals surface area contributed by atoms with Crippen molar-refractivity contribution in [3.05, 3.63) is 16.4 Å². The fourth-order valence-corrected chi connectivity index (χ4v) is 3.21. The number of hydrogen-bond donors (Lipinski definition) is 1. The molecular formula is C20H38N2O2. The monoisotopic (exact) mass is 338 g/mol. The minimum absolute atomic E-state index is 0.443. The predicted molar refractivity (Wildman–Crippen MR) is 100 cm³/mol. The molecule has 0 aliphatic rings. The fraction of sp³-hybridized carbons (Fsp3) is 0.900. The maximum Gasteiger partial charge on any atom is 0.438 e. The van der Waals surface area contributed by atoms with E-state index in [0.717, 1.165) is 12.8 Å². The summed E-state index contributed by atoms with van der Waals surface area (Å²) in [4.78, 5) is 13.4. The maximum atomic E-state index is 10.8. The van der Waals surface area contributed by atoms with Gasteiger partial charge in [-0.15, -0.1) is 0 Å². The third kappa shape index (κ3) is 12.4. The van der Waals surface area contributed by atoms with Gasteiger partial charge in [-0.25, -0.2) is 4.79 Å². The van der Waals surface area contributed by atoms with E-state index in [0.29, 0.717) is 5.82 Å². The van der Waals surface area contributed by atoms with E-state index in [1.165, 1.54) is 96.3 Å². The van der Waals surface area contributed by atoms with E-state index in [2.05, 4.69) is 21.6 Å². The van der Waals surface area contributed by atoms with Crippen molar-refractivity contribution in [2.75, 3.05) is 0 Å². The molecule has 0 saturated carbocycles. The van der Waals surface area contributed by atoms with Crippen LogP contribution < -0.4 is 5.76 Å². The van der Waals surface area contributed by atoms with Gasteiger partial charge in [-0.3, -0.25) is 9.51 Å². The van der Waals surface area contributed by atoms with Crippen LogP contribution >= 0.6 is 0 Å². The van der Waals surface area contributed by atoms with Gasteiger partial charge >= 0.3 is 5.76 Å². The third-order valence-corrected chi connectivity index (χ3v) is 4.75. The average molecular weight is 339 g/mol. The molecule has 0 fully saturated rings. The Hall–Kier alpha value is -1.06. The van der Waals surface area contributed by atoms with Crippen molar-refractivity contribution in [3.63, 3.8) is 0 Å². The first-order valence-electron chi connectivity index (χ1n) is 10.4. The van der Waals surface area contributed by atoms with Gasteiger partial charge in [0.1, 0.15) is 0 Å². The number of aromatic amines is 1. The summed E-state index contributed by atoms with van der Waals surface area (Å²) in [5, 5.41) is 3.68. The van der Waals surface area contributed by atoms with Crippen molar-refractivity contribution in [1.82, 2.24) is 10.1 Å². The Balaban J connectivity index is 1.71. The standard InChI is InChI=1S/C20H38N2O2/c1-2-3-4-5-6-7-8-9-10-11-12-13-14-15-16-17-18-19-21-20(23)24-22-19/h2-18H2,1H3,(H,21,22,23). The lowest BCUT2D eigenvalue weighted by atomic mass is 10.0. The quantitative estimate of drug-likeness (QED) is 0.346. The lowest BCUT2D eigenvalue weighted by Crippen LogP contribution is -1.97. The van der Waals surface area contributed by atoms with Crippen LogP contribution in [0, 0.1) is 0 Å². The molecule has 24 heavy (non-hydrogen) atoms. The summed E-state index contributed by atoms with van der Waals surface area (Å²) < 4.78 is 4.48. The number of hydrogen-bond acceptors (Lipinski definition) is 3. The van der Waals surface area contributed by atoms with Crippen molar-refractivity contribution in [1.29, 1.82) is 0 Å². The zero-order chi connectivity index (χ0) is 17.3. The fourth-order valence-electron chi connectivity index (χ4n) is 3.21. The van der Waals surface area contributed by atoms with Gasteiger partial charge in [0, 0.05) is 6.42 Å². The van der Waals surface area contributed by atoms with E-state index in [4.69, 9.17) is 0 Å². The van der Waals surface area contributed by atoms with Crippen LogP contribution in [0.15, 0.2) is 9.32 Å². The number of unbranched alkanes of at least 4 members (excludes halogenated alkanes) is 15. The zero-order valence-corrected chi connectivity index (χ0v) is 15.8. The van der Waals surface area contributed by atoms with Crippen LogP contribution in [0.3, 0.4) is 0 Å². The highest BCUT2D eigenvalue weighted by Gasteiger charge is 1.99. The second-order valence-electron chi connectivity index (χ2n) is 7.10. The van der Waals surface area contributed by atoms with Crippen LogP contribution in [0.5, 0.6) is 0 Å². The minimum atomic E-state index is -0.443. The first kappa shape index (κ1) is 21.0. The second-order valence-corrected chi connectivity index (χ2v) is 7.10. The van der Waals surface area contributed by atoms with E-state index in [-0.39, 0.29) is 0 Å². The third-order valence-electron chi connectivity index (χ3n) is 4.75. The summed E-state index contributed by atoms with van der Waals surface area (Å²) in [6.07, 6.45) is 22.8. The van der Waals surface area contributed by atoms with Crippen molar-refractivity contribution in [2.45, 2.75) is 116 Å². The van der Waals surface area contributed by atoms with E-state index < -0.39 is 5.76 Å². The maximum absolute atomic E-state index is 10.8. The molecule has 0 spiro atoms. The first-order chi connectivity index (χ1) is 11.8. The van der Waals surface area contributed by atoms with Crippen LogP contribution in [0.25, 0.3) is 0 Å². The molecule has 4 heteroatoms. The van der Waals surface area contributed by atoms with Gasteiger partial charge in [0.05, 0.1) is 0 Å². The number of aromatic nitrogens is 2. The molecule has 1 rings (SSSR count). The lowest BCUT2D eigenvalue weighted by molar-refractivity contribution is 0.380. The van der Waals surface area contributed by atoms with Crippen LogP contribution in [0.4, 0.5) is 0 Å². The molecular weight excluding hydrogens is 300 g/mol. The number of rotatable bonds is 17. The molecule has 4 nitrogen and oxygen atoms in total. The SMILES string of the molecule is CCCCCCCCCCCCCCCCCCc1noc(=O)[nH]1. The highest BCUT2D eigenvalue weighted by molar-refractivity contribution is 4.77. The van der Waals surface area contributed by atoms with Gasteiger partial charge in [0.25, 0.3) is 0 Å². The highest BCUT2D eigenvalue weighted by Crippen LogP contribution is 2.13. The summed E-state index contributed by atoms with van der Waals surface area (Å²) in [6.45, 7) is 2.28. The number of H-pyrrole nitrogens is 1. The first-order valence-corrected chi connectivity index (χ1v) is 10.4. The van der Waals surface area contributed by atoms with Crippen LogP contribution in [-0.2, 0) is 6.42 Å². The average Bonchev–Trinajstić information content (AvgIpc) is 3.00. The van der Waals surface area contributed by atoms with E-state index in [9.17, 15) is 4.79 Å². The van der Waals surface area contributed by atoms with Crippen molar-refractivity contribution < 1.29 is 4.52 Å².